The first kappa shape index (κ1) is 16.0. The summed E-state index contributed by atoms with van der Waals surface area (Å²) in [5, 5.41) is 6.94. The zero-order valence-corrected chi connectivity index (χ0v) is 13.9. The minimum Gasteiger partial charge on any atom is -0.315 e. The van der Waals surface area contributed by atoms with Gasteiger partial charge in [0.25, 0.3) is 5.91 Å². The Hall–Kier alpha value is -3.48. The lowest BCUT2D eigenvalue weighted by Gasteiger charge is -2.28. The zero-order chi connectivity index (χ0) is 18.0. The van der Waals surface area contributed by atoms with E-state index in [1.54, 1.807) is 11.0 Å². The summed E-state index contributed by atoms with van der Waals surface area (Å²) in [6, 6.07) is 18.2. The van der Waals surface area contributed by atoms with E-state index in [9.17, 15) is 9.59 Å². The molecule has 0 bridgehead atoms. The van der Waals surface area contributed by atoms with E-state index in [1.165, 1.54) is 11.2 Å². The van der Waals surface area contributed by atoms with Gasteiger partial charge >= 0.3 is 6.03 Å². The van der Waals surface area contributed by atoms with Crippen LogP contribution in [0.4, 0.5) is 4.79 Å². The standard InChI is InChI=1S/C19H17N5O2/c25-17-19(15-7-3-1-4-8-15,16-9-5-2-6-10-16)22-18(26)24(17)12-11-23-14-20-13-21-23/h1-10,13-14H,11-12H2,(H,22,26). The van der Waals surface area contributed by atoms with Gasteiger partial charge in [-0.3, -0.25) is 14.4 Å². The predicted octanol–water partition coefficient (Wildman–Crippen LogP) is 1.77. The van der Waals surface area contributed by atoms with Crippen molar-refractivity contribution < 1.29 is 9.59 Å². The van der Waals surface area contributed by atoms with Crippen molar-refractivity contribution in [3.05, 3.63) is 84.4 Å². The largest absolute Gasteiger partial charge is 0.325 e. The van der Waals surface area contributed by atoms with Crippen LogP contribution >= 0.6 is 0 Å². The third kappa shape index (κ3) is 2.54. The lowest BCUT2D eigenvalue weighted by Crippen LogP contribution is -2.45. The highest BCUT2D eigenvalue weighted by Crippen LogP contribution is 2.35. The molecule has 0 saturated carbocycles. The minimum absolute atomic E-state index is 0.218. The van der Waals surface area contributed by atoms with E-state index in [0.29, 0.717) is 6.54 Å². The van der Waals surface area contributed by atoms with Crippen LogP contribution in [-0.4, -0.2) is 38.1 Å². The normalized spacial score (nSPS) is 15.9. The molecular weight excluding hydrogens is 330 g/mol. The highest BCUT2D eigenvalue weighted by atomic mass is 16.2. The zero-order valence-electron chi connectivity index (χ0n) is 13.9. The summed E-state index contributed by atoms with van der Waals surface area (Å²) in [7, 11) is 0. The van der Waals surface area contributed by atoms with Gasteiger partial charge in [-0.1, -0.05) is 60.7 Å². The molecule has 4 rings (SSSR count). The Labute approximate surface area is 150 Å². The van der Waals surface area contributed by atoms with Gasteiger partial charge in [-0.15, -0.1) is 0 Å². The molecule has 1 N–H and O–H groups in total. The molecule has 2 heterocycles. The number of urea groups is 1. The van der Waals surface area contributed by atoms with Crippen LogP contribution in [0.15, 0.2) is 73.3 Å². The van der Waals surface area contributed by atoms with E-state index < -0.39 is 11.6 Å². The SMILES string of the molecule is O=C1NC(c2ccccc2)(c2ccccc2)C(=O)N1CCn1cncn1. The fraction of sp³-hybridized carbons (Fsp3) is 0.158. The fourth-order valence-corrected chi connectivity index (χ4v) is 3.26. The summed E-state index contributed by atoms with van der Waals surface area (Å²) in [5.41, 5.74) is 0.239. The molecule has 26 heavy (non-hydrogen) atoms. The maximum absolute atomic E-state index is 13.4. The number of hydrogen-bond donors (Lipinski definition) is 1. The molecule has 7 heteroatoms. The molecule has 0 spiro atoms. The Morgan fingerprint density at radius 3 is 2.04 bits per heavy atom. The lowest BCUT2D eigenvalue weighted by molar-refractivity contribution is -0.130. The van der Waals surface area contributed by atoms with Crippen LogP contribution < -0.4 is 5.32 Å². The van der Waals surface area contributed by atoms with Crippen molar-refractivity contribution in [2.75, 3.05) is 6.54 Å². The topological polar surface area (TPSA) is 80.1 Å². The average Bonchev–Trinajstić information content (AvgIpc) is 3.29. The van der Waals surface area contributed by atoms with E-state index in [2.05, 4.69) is 15.4 Å². The molecule has 3 amide bonds. The summed E-state index contributed by atoms with van der Waals surface area (Å²) < 4.78 is 1.59. The van der Waals surface area contributed by atoms with Gasteiger partial charge in [0.2, 0.25) is 0 Å². The van der Waals surface area contributed by atoms with Gasteiger partial charge in [0.05, 0.1) is 13.1 Å². The lowest BCUT2D eigenvalue weighted by atomic mass is 9.82. The Balaban J connectivity index is 1.73. The summed E-state index contributed by atoms with van der Waals surface area (Å²) in [6.45, 7) is 0.605. The summed E-state index contributed by atoms with van der Waals surface area (Å²) >= 11 is 0. The molecule has 1 aliphatic heterocycles. The van der Waals surface area contributed by atoms with E-state index >= 15 is 0 Å². The number of nitrogens with one attached hydrogen (secondary N) is 1. The molecule has 7 nitrogen and oxygen atoms in total. The fourth-order valence-electron chi connectivity index (χ4n) is 3.26. The van der Waals surface area contributed by atoms with Gasteiger partial charge in [0.1, 0.15) is 12.7 Å². The third-order valence-electron chi connectivity index (χ3n) is 4.54. The van der Waals surface area contributed by atoms with Crippen molar-refractivity contribution >= 4 is 11.9 Å². The van der Waals surface area contributed by atoms with Crippen molar-refractivity contribution in [3.63, 3.8) is 0 Å². The summed E-state index contributed by atoms with van der Waals surface area (Å²) in [4.78, 5) is 31.2. The molecule has 2 aromatic carbocycles. The number of aromatic nitrogens is 3. The number of rotatable bonds is 5. The van der Waals surface area contributed by atoms with Crippen LogP contribution in [0, 0.1) is 0 Å². The second-order valence-electron chi connectivity index (χ2n) is 6.03. The molecule has 1 fully saturated rings. The van der Waals surface area contributed by atoms with Crippen molar-refractivity contribution in [1.29, 1.82) is 0 Å². The maximum Gasteiger partial charge on any atom is 0.325 e. The monoisotopic (exact) mass is 347 g/mol. The van der Waals surface area contributed by atoms with E-state index in [1.807, 2.05) is 60.7 Å². The van der Waals surface area contributed by atoms with Crippen molar-refractivity contribution in [1.82, 2.24) is 25.0 Å². The van der Waals surface area contributed by atoms with Crippen LogP contribution in [-0.2, 0) is 16.9 Å². The Morgan fingerprint density at radius 2 is 1.50 bits per heavy atom. The molecule has 0 aliphatic carbocycles. The second-order valence-corrected chi connectivity index (χ2v) is 6.03. The van der Waals surface area contributed by atoms with Gasteiger partial charge in [-0.25, -0.2) is 9.78 Å². The van der Waals surface area contributed by atoms with Crippen molar-refractivity contribution in [2.45, 2.75) is 12.1 Å². The van der Waals surface area contributed by atoms with Gasteiger partial charge in [-0.05, 0) is 11.1 Å². The first-order valence-corrected chi connectivity index (χ1v) is 8.29. The maximum atomic E-state index is 13.4. The quantitative estimate of drug-likeness (QED) is 0.714. The van der Waals surface area contributed by atoms with Crippen molar-refractivity contribution in [2.24, 2.45) is 0 Å². The third-order valence-corrected chi connectivity index (χ3v) is 4.54. The first-order valence-electron chi connectivity index (χ1n) is 8.29. The van der Waals surface area contributed by atoms with Crippen LogP contribution in [0.25, 0.3) is 0 Å². The van der Waals surface area contributed by atoms with E-state index in [0.717, 1.165) is 11.1 Å². The number of carbonyl (C=O) groups is 2. The summed E-state index contributed by atoms with van der Waals surface area (Å²) in [6.07, 6.45) is 2.98. The van der Waals surface area contributed by atoms with Crippen LogP contribution in [0.3, 0.4) is 0 Å². The van der Waals surface area contributed by atoms with Crippen LogP contribution in [0.5, 0.6) is 0 Å². The highest BCUT2D eigenvalue weighted by molar-refractivity contribution is 6.09. The van der Waals surface area contributed by atoms with Crippen molar-refractivity contribution in [3.8, 4) is 0 Å². The molecule has 0 unspecified atom stereocenters. The highest BCUT2D eigenvalue weighted by Gasteiger charge is 2.53. The van der Waals surface area contributed by atoms with Crippen LogP contribution in [0.1, 0.15) is 11.1 Å². The molecule has 0 atom stereocenters. The van der Waals surface area contributed by atoms with Gasteiger partial charge < -0.3 is 5.32 Å². The molecule has 1 saturated heterocycles. The van der Waals surface area contributed by atoms with Gasteiger partial charge in [0.15, 0.2) is 5.54 Å². The molecular formula is C19H17N5O2. The number of benzene rings is 2. The molecule has 1 aliphatic rings. The number of carbonyl (C=O) groups excluding carboxylic acids is 2. The van der Waals surface area contributed by atoms with Crippen LogP contribution in [0.2, 0.25) is 0 Å². The van der Waals surface area contributed by atoms with Gasteiger partial charge in [-0.2, -0.15) is 5.10 Å². The first-order chi connectivity index (χ1) is 12.7. The minimum atomic E-state index is -1.22. The molecule has 1 aromatic heterocycles. The van der Waals surface area contributed by atoms with Gasteiger partial charge in [0, 0.05) is 0 Å². The number of hydrogen-bond acceptors (Lipinski definition) is 4. The van der Waals surface area contributed by atoms with E-state index in [-0.39, 0.29) is 12.5 Å². The Bertz CT molecular complexity index is 870. The molecule has 3 aromatic rings. The predicted molar refractivity (Wildman–Crippen MR) is 93.9 cm³/mol. The summed E-state index contributed by atoms with van der Waals surface area (Å²) in [5.74, 6) is -0.292. The second kappa shape index (κ2) is 6.44. The number of imide groups is 1. The number of nitrogens with zero attached hydrogens (tertiary/aromatic N) is 4. The average molecular weight is 347 g/mol. The Kier molecular flexibility index (Phi) is 3.96. The Morgan fingerprint density at radius 1 is 0.885 bits per heavy atom. The molecule has 0 radical (unpaired) electrons. The van der Waals surface area contributed by atoms with E-state index in [4.69, 9.17) is 0 Å². The molecule has 130 valence electrons. The smallest absolute Gasteiger partial charge is 0.315 e. The number of amides is 3.